The van der Waals surface area contributed by atoms with Crippen LogP contribution in [0.2, 0.25) is 0 Å². The summed E-state index contributed by atoms with van der Waals surface area (Å²) in [5, 5.41) is 16.5. The van der Waals surface area contributed by atoms with Crippen LogP contribution in [-0.4, -0.2) is 59.6 Å². The van der Waals surface area contributed by atoms with Crippen LogP contribution >= 0.6 is 0 Å². The normalized spacial score (nSPS) is 9.39. The monoisotopic (exact) mass is 336 g/mol. The minimum atomic E-state index is -1.43. The van der Waals surface area contributed by atoms with Crippen LogP contribution in [0.3, 0.4) is 0 Å². The van der Waals surface area contributed by atoms with Gasteiger partial charge in [-0.25, -0.2) is 0 Å². The van der Waals surface area contributed by atoms with Crippen LogP contribution in [0.1, 0.15) is 19.3 Å². The molecule has 128 valence electrons. The minimum absolute atomic E-state index is 0.883. The largest absolute Gasteiger partial charge is 0.481 e. The van der Waals surface area contributed by atoms with Crippen molar-refractivity contribution in [2.24, 2.45) is 0 Å². The summed E-state index contributed by atoms with van der Waals surface area (Å²) in [6.07, 6.45) is -2.73. The molecule has 0 aromatic carbocycles. The van der Waals surface area contributed by atoms with Gasteiger partial charge in [0.15, 0.2) is 0 Å². The molecule has 12 nitrogen and oxygen atoms in total. The fourth-order valence-corrected chi connectivity index (χ4v) is 0.891. The molecular formula is C11H12O12. The van der Waals surface area contributed by atoms with E-state index in [9.17, 15) is 28.8 Å². The number of aliphatic carboxylic acids is 2. The quantitative estimate of drug-likeness (QED) is 0.266. The average molecular weight is 336 g/mol. The van der Waals surface area contributed by atoms with Gasteiger partial charge < -0.3 is 29.2 Å². The highest BCUT2D eigenvalue weighted by Crippen LogP contribution is 1.95. The summed E-state index contributed by atoms with van der Waals surface area (Å²) in [6.45, 7) is -1.77. The highest BCUT2D eigenvalue weighted by atomic mass is 16.7. The predicted octanol–water partition coefficient (Wildman–Crippen LogP) is -1.59. The predicted molar refractivity (Wildman–Crippen MR) is 63.2 cm³/mol. The summed E-state index contributed by atoms with van der Waals surface area (Å²) in [5.41, 5.74) is 0. The molecule has 0 aliphatic rings. The number of ether oxygens (including phenoxy) is 4. The van der Waals surface area contributed by atoms with Gasteiger partial charge >= 0.3 is 35.8 Å². The number of carbonyl (C=O) groups is 6. The maximum Gasteiger partial charge on any atom is 0.320 e. The van der Waals surface area contributed by atoms with Gasteiger partial charge in [-0.15, -0.1) is 0 Å². The van der Waals surface area contributed by atoms with Crippen molar-refractivity contribution in [3.63, 3.8) is 0 Å². The van der Waals surface area contributed by atoms with Crippen LogP contribution in [0.5, 0.6) is 0 Å². The van der Waals surface area contributed by atoms with Crippen molar-refractivity contribution in [3.05, 3.63) is 0 Å². The van der Waals surface area contributed by atoms with Crippen molar-refractivity contribution in [3.8, 4) is 0 Å². The van der Waals surface area contributed by atoms with Crippen LogP contribution in [0.4, 0.5) is 0 Å². The molecule has 0 spiro atoms. The van der Waals surface area contributed by atoms with Crippen LogP contribution in [0.25, 0.3) is 0 Å². The van der Waals surface area contributed by atoms with E-state index in [2.05, 4.69) is 18.9 Å². The van der Waals surface area contributed by atoms with E-state index in [4.69, 9.17) is 10.2 Å². The third-order valence-electron chi connectivity index (χ3n) is 1.76. The molecule has 0 heterocycles. The Morgan fingerprint density at radius 2 is 0.783 bits per heavy atom. The first-order chi connectivity index (χ1) is 10.7. The summed E-state index contributed by atoms with van der Waals surface area (Å²) < 4.78 is 17.0. The molecule has 0 saturated heterocycles. The number of carboxylic acids is 2. The summed E-state index contributed by atoms with van der Waals surface area (Å²) in [6, 6.07) is 0. The fraction of sp³-hybridized carbons (Fsp3) is 0.455. The maximum atomic E-state index is 11.1. The van der Waals surface area contributed by atoms with E-state index in [1.807, 2.05) is 0 Å². The molecule has 0 aliphatic heterocycles. The van der Waals surface area contributed by atoms with Gasteiger partial charge in [0, 0.05) is 0 Å². The molecule has 12 heteroatoms. The number of hydrogen-bond acceptors (Lipinski definition) is 10. The van der Waals surface area contributed by atoms with Crippen LogP contribution in [0.15, 0.2) is 0 Å². The zero-order valence-corrected chi connectivity index (χ0v) is 11.5. The van der Waals surface area contributed by atoms with Crippen molar-refractivity contribution < 1.29 is 57.9 Å². The number of rotatable bonds is 10. The highest BCUT2D eigenvalue weighted by Gasteiger charge is 2.15. The molecule has 0 amide bonds. The maximum absolute atomic E-state index is 11.1. The first kappa shape index (κ1) is 19.8. The molecule has 0 radical (unpaired) electrons. The summed E-state index contributed by atoms with van der Waals surface area (Å²) in [5.74, 6) is -7.42. The van der Waals surface area contributed by atoms with E-state index in [1.54, 1.807) is 0 Å². The second-order valence-corrected chi connectivity index (χ2v) is 3.62. The van der Waals surface area contributed by atoms with Gasteiger partial charge in [-0.05, 0) is 0 Å². The van der Waals surface area contributed by atoms with Crippen LogP contribution in [-0.2, 0) is 47.7 Å². The van der Waals surface area contributed by atoms with Gasteiger partial charge in [0.05, 0.1) is 0 Å². The van der Waals surface area contributed by atoms with E-state index >= 15 is 0 Å². The van der Waals surface area contributed by atoms with Gasteiger partial charge in [0.25, 0.3) is 0 Å². The van der Waals surface area contributed by atoms with E-state index in [0.717, 1.165) is 0 Å². The van der Waals surface area contributed by atoms with Gasteiger partial charge in [0.2, 0.25) is 13.6 Å². The minimum Gasteiger partial charge on any atom is -0.481 e. The molecule has 0 rings (SSSR count). The average Bonchev–Trinajstić information content (AvgIpc) is 2.36. The Balaban J connectivity index is 3.79. The number of hydrogen-bond donors (Lipinski definition) is 2. The Labute approximate surface area is 127 Å². The Morgan fingerprint density at radius 3 is 1.04 bits per heavy atom. The number of esters is 4. The lowest BCUT2D eigenvalue weighted by Gasteiger charge is -2.06. The van der Waals surface area contributed by atoms with E-state index in [-0.39, 0.29) is 0 Å². The van der Waals surface area contributed by atoms with Gasteiger partial charge in [-0.1, -0.05) is 0 Å². The smallest absolute Gasteiger partial charge is 0.320 e. The van der Waals surface area contributed by atoms with Crippen LogP contribution < -0.4 is 0 Å². The number of carbonyl (C=O) groups excluding carboxylic acids is 4. The Kier molecular flexibility index (Phi) is 9.08. The van der Waals surface area contributed by atoms with E-state index < -0.39 is 68.7 Å². The molecule has 0 aromatic heterocycles. The zero-order valence-electron chi connectivity index (χ0n) is 11.5. The molecule has 0 bridgehead atoms. The van der Waals surface area contributed by atoms with Crippen molar-refractivity contribution >= 4 is 35.8 Å². The lowest BCUT2D eigenvalue weighted by Crippen LogP contribution is -2.20. The van der Waals surface area contributed by atoms with E-state index in [1.165, 1.54) is 0 Å². The fourth-order valence-electron chi connectivity index (χ4n) is 0.891. The molecule has 0 atom stereocenters. The van der Waals surface area contributed by atoms with Crippen molar-refractivity contribution in [2.45, 2.75) is 19.3 Å². The summed E-state index contributed by atoms with van der Waals surface area (Å²) in [4.78, 5) is 63.9. The summed E-state index contributed by atoms with van der Waals surface area (Å²) in [7, 11) is 0. The van der Waals surface area contributed by atoms with E-state index in [0.29, 0.717) is 0 Å². The highest BCUT2D eigenvalue weighted by molar-refractivity contribution is 5.92. The first-order valence-corrected chi connectivity index (χ1v) is 5.76. The molecule has 0 aromatic rings. The topological polar surface area (TPSA) is 180 Å². The lowest BCUT2D eigenvalue weighted by atomic mass is 10.4. The molecule has 0 aliphatic carbocycles. The third kappa shape index (κ3) is 12.3. The number of carboxylic acid groups (broad SMARTS) is 2. The van der Waals surface area contributed by atoms with Crippen molar-refractivity contribution in [1.29, 1.82) is 0 Å². The third-order valence-corrected chi connectivity index (χ3v) is 1.76. The molecule has 0 saturated carbocycles. The first-order valence-electron chi connectivity index (χ1n) is 5.76. The molecule has 23 heavy (non-hydrogen) atoms. The zero-order chi connectivity index (χ0) is 17.8. The van der Waals surface area contributed by atoms with Gasteiger partial charge in [-0.2, -0.15) is 0 Å². The SMILES string of the molecule is O=C(O)CC(=O)OCOC(=O)CC(=O)OCOC(=O)CC(=O)O. The van der Waals surface area contributed by atoms with Crippen molar-refractivity contribution in [1.82, 2.24) is 0 Å². The van der Waals surface area contributed by atoms with Crippen molar-refractivity contribution in [2.75, 3.05) is 13.6 Å². The van der Waals surface area contributed by atoms with Crippen LogP contribution in [0, 0.1) is 0 Å². The molecule has 0 fully saturated rings. The summed E-state index contributed by atoms with van der Waals surface area (Å²) >= 11 is 0. The second kappa shape index (κ2) is 10.5. The standard InChI is InChI=1S/C11H12O12/c12-6(13)1-8(16)20-4-22-10(18)3-11(19)23-5-21-9(17)2-7(14)15/h1-5H2,(H,12,13)(H,14,15). The Bertz CT molecular complexity index is 449. The van der Waals surface area contributed by atoms with Gasteiger partial charge in [0.1, 0.15) is 19.3 Å². The molecule has 0 unspecified atom stereocenters. The van der Waals surface area contributed by atoms with Gasteiger partial charge in [-0.3, -0.25) is 28.8 Å². The lowest BCUT2D eigenvalue weighted by molar-refractivity contribution is -0.173. The second-order valence-electron chi connectivity index (χ2n) is 3.62. The Hall–Kier alpha value is -3.18. The Morgan fingerprint density at radius 1 is 0.522 bits per heavy atom. The molecule has 2 N–H and O–H groups in total. The molecular weight excluding hydrogens is 324 g/mol.